The maximum Gasteiger partial charge on any atom is 0.219 e. The predicted molar refractivity (Wildman–Crippen MR) is 120 cm³/mol. The van der Waals surface area contributed by atoms with Crippen LogP contribution in [-0.4, -0.2) is 25.6 Å². The lowest BCUT2D eigenvalue weighted by Crippen LogP contribution is -2.20. The fourth-order valence-electron chi connectivity index (χ4n) is 3.02. The van der Waals surface area contributed by atoms with Gasteiger partial charge in [0.05, 0.1) is 12.0 Å². The fourth-order valence-corrected chi connectivity index (χ4v) is 3.02. The zero-order valence-electron chi connectivity index (χ0n) is 17.3. The first-order chi connectivity index (χ1) is 15.1. The molecule has 0 aliphatic carbocycles. The Hall–Kier alpha value is -3.97. The van der Waals surface area contributed by atoms with E-state index < -0.39 is 0 Å². The summed E-state index contributed by atoms with van der Waals surface area (Å²) in [6.07, 6.45) is 6.95. The van der Waals surface area contributed by atoms with E-state index in [4.69, 9.17) is 4.74 Å². The normalized spacial score (nSPS) is 11.5. The average Bonchev–Trinajstić information content (AvgIpc) is 3.34. The van der Waals surface area contributed by atoms with Crippen molar-refractivity contribution in [2.45, 2.75) is 19.8 Å². The number of hydrogen-bond donors (Lipinski definition) is 2. The molecular weight excluding hydrogens is 390 g/mol. The average molecular weight is 413 g/mol. The number of nitrogens with zero attached hydrogens (tertiary/aromatic N) is 4. The van der Waals surface area contributed by atoms with E-state index in [2.05, 4.69) is 34.3 Å². The van der Waals surface area contributed by atoms with E-state index in [0.29, 0.717) is 28.9 Å². The standard InChI is InChI=1S/C24H23N5O2/c1-17(2)18-3-6-20(7-4-18)27-24(28-30)19-5-12-23(26-15-19)31-22-10-8-21(9-11-22)29-14-13-25-16-29/h3-17,30H,1-2H3,(H,27,28). The summed E-state index contributed by atoms with van der Waals surface area (Å²) in [6.45, 7) is 4.28. The molecule has 0 saturated heterocycles. The van der Waals surface area contributed by atoms with Crippen molar-refractivity contribution < 1.29 is 9.94 Å². The molecule has 0 bridgehead atoms. The van der Waals surface area contributed by atoms with E-state index in [9.17, 15) is 5.21 Å². The number of hydroxylamine groups is 1. The lowest BCUT2D eigenvalue weighted by atomic mass is 10.0. The van der Waals surface area contributed by atoms with Gasteiger partial charge in [0.2, 0.25) is 5.88 Å². The minimum atomic E-state index is 0.307. The highest BCUT2D eigenvalue weighted by Gasteiger charge is 2.06. The zero-order chi connectivity index (χ0) is 21.6. The van der Waals surface area contributed by atoms with Gasteiger partial charge in [0.15, 0.2) is 5.84 Å². The molecule has 0 spiro atoms. The Morgan fingerprint density at radius 1 is 1.03 bits per heavy atom. The van der Waals surface area contributed by atoms with Gasteiger partial charge in [-0.05, 0) is 53.9 Å². The summed E-state index contributed by atoms with van der Waals surface area (Å²) in [5, 5.41) is 9.55. The first-order valence-corrected chi connectivity index (χ1v) is 9.94. The number of aromatic nitrogens is 3. The second kappa shape index (κ2) is 9.23. The summed E-state index contributed by atoms with van der Waals surface area (Å²) in [5.74, 6) is 1.87. The van der Waals surface area contributed by atoms with Gasteiger partial charge in [0.25, 0.3) is 0 Å². The molecule has 0 saturated carbocycles. The SMILES string of the molecule is CC(C)c1ccc(N=C(NO)c2ccc(Oc3ccc(-n4ccnc4)cc3)nc2)cc1. The van der Waals surface area contributed by atoms with Crippen LogP contribution in [0.5, 0.6) is 11.6 Å². The highest BCUT2D eigenvalue weighted by atomic mass is 16.5. The number of nitrogens with one attached hydrogen (secondary N) is 1. The Morgan fingerprint density at radius 3 is 2.39 bits per heavy atom. The molecular formula is C24H23N5O2. The van der Waals surface area contributed by atoms with Crippen LogP contribution >= 0.6 is 0 Å². The minimum absolute atomic E-state index is 0.307. The van der Waals surface area contributed by atoms with Crippen LogP contribution in [0.15, 0.2) is 90.6 Å². The Kier molecular flexibility index (Phi) is 6.05. The molecule has 7 nitrogen and oxygen atoms in total. The smallest absolute Gasteiger partial charge is 0.219 e. The third-order valence-corrected chi connectivity index (χ3v) is 4.78. The van der Waals surface area contributed by atoms with Gasteiger partial charge in [-0.3, -0.25) is 10.7 Å². The maximum absolute atomic E-state index is 9.55. The molecule has 0 aliphatic heterocycles. The van der Waals surface area contributed by atoms with Gasteiger partial charge in [-0.2, -0.15) is 0 Å². The summed E-state index contributed by atoms with van der Waals surface area (Å²) in [6, 6.07) is 19.0. The number of pyridine rings is 1. The molecule has 0 amide bonds. The monoisotopic (exact) mass is 413 g/mol. The Morgan fingerprint density at radius 2 is 1.81 bits per heavy atom. The van der Waals surface area contributed by atoms with E-state index in [1.54, 1.807) is 30.9 Å². The summed E-state index contributed by atoms with van der Waals surface area (Å²) in [4.78, 5) is 12.8. The van der Waals surface area contributed by atoms with Crippen LogP contribution in [0.25, 0.3) is 5.69 Å². The summed E-state index contributed by atoms with van der Waals surface area (Å²) < 4.78 is 7.73. The largest absolute Gasteiger partial charge is 0.439 e. The van der Waals surface area contributed by atoms with Crippen molar-refractivity contribution >= 4 is 11.5 Å². The van der Waals surface area contributed by atoms with E-state index >= 15 is 0 Å². The Balaban J connectivity index is 1.46. The van der Waals surface area contributed by atoms with Crippen LogP contribution in [0.4, 0.5) is 5.69 Å². The second-order valence-electron chi connectivity index (χ2n) is 7.27. The summed E-state index contributed by atoms with van der Waals surface area (Å²) in [7, 11) is 0. The third-order valence-electron chi connectivity index (χ3n) is 4.78. The van der Waals surface area contributed by atoms with Crippen molar-refractivity contribution in [2.75, 3.05) is 0 Å². The molecule has 7 heteroatoms. The van der Waals surface area contributed by atoms with Crippen molar-refractivity contribution in [3.8, 4) is 17.3 Å². The zero-order valence-corrected chi connectivity index (χ0v) is 17.3. The predicted octanol–water partition coefficient (Wildman–Crippen LogP) is 5.24. The van der Waals surface area contributed by atoms with Crippen LogP contribution in [0, 0.1) is 0 Å². The molecule has 2 aromatic carbocycles. The number of rotatable bonds is 6. The highest BCUT2D eigenvalue weighted by molar-refractivity contribution is 5.99. The van der Waals surface area contributed by atoms with Gasteiger partial charge in [0, 0.05) is 35.9 Å². The van der Waals surface area contributed by atoms with E-state index in [-0.39, 0.29) is 0 Å². The quantitative estimate of drug-likeness (QED) is 0.257. The Bertz CT molecular complexity index is 1130. The lowest BCUT2D eigenvalue weighted by Gasteiger charge is -2.09. The molecule has 0 radical (unpaired) electrons. The van der Waals surface area contributed by atoms with Crippen LogP contribution in [-0.2, 0) is 0 Å². The highest BCUT2D eigenvalue weighted by Crippen LogP contribution is 2.22. The molecule has 0 fully saturated rings. The molecule has 31 heavy (non-hydrogen) atoms. The number of hydrogen-bond acceptors (Lipinski definition) is 5. The topological polar surface area (TPSA) is 84.6 Å². The van der Waals surface area contributed by atoms with Gasteiger partial charge in [-0.1, -0.05) is 26.0 Å². The molecule has 4 rings (SSSR count). The van der Waals surface area contributed by atoms with E-state index in [1.165, 1.54) is 5.56 Å². The van der Waals surface area contributed by atoms with E-state index in [0.717, 1.165) is 11.4 Å². The molecule has 4 aromatic rings. The lowest BCUT2D eigenvalue weighted by molar-refractivity contribution is 0.235. The number of imidazole rings is 1. The van der Waals surface area contributed by atoms with Crippen molar-refractivity contribution in [2.24, 2.45) is 4.99 Å². The van der Waals surface area contributed by atoms with Crippen molar-refractivity contribution in [3.05, 3.63) is 96.7 Å². The van der Waals surface area contributed by atoms with Gasteiger partial charge >= 0.3 is 0 Å². The molecule has 2 N–H and O–H groups in total. The van der Waals surface area contributed by atoms with Gasteiger partial charge < -0.3 is 9.30 Å². The third kappa shape index (κ3) is 4.96. The van der Waals surface area contributed by atoms with Crippen LogP contribution in [0.2, 0.25) is 0 Å². The van der Waals surface area contributed by atoms with Crippen molar-refractivity contribution in [3.63, 3.8) is 0 Å². The summed E-state index contributed by atoms with van der Waals surface area (Å²) >= 11 is 0. The van der Waals surface area contributed by atoms with Crippen molar-refractivity contribution in [1.82, 2.24) is 20.0 Å². The molecule has 0 aliphatic rings. The van der Waals surface area contributed by atoms with Crippen LogP contribution in [0.1, 0.15) is 30.9 Å². The van der Waals surface area contributed by atoms with Gasteiger partial charge in [-0.15, -0.1) is 0 Å². The van der Waals surface area contributed by atoms with Crippen LogP contribution in [0.3, 0.4) is 0 Å². The second-order valence-corrected chi connectivity index (χ2v) is 7.27. The first kappa shape index (κ1) is 20.3. The number of amidine groups is 1. The van der Waals surface area contributed by atoms with Crippen LogP contribution < -0.4 is 10.2 Å². The van der Waals surface area contributed by atoms with Crippen molar-refractivity contribution in [1.29, 1.82) is 0 Å². The Labute approximate surface area is 180 Å². The van der Waals surface area contributed by atoms with E-state index in [1.807, 2.05) is 59.3 Å². The molecule has 156 valence electrons. The number of benzene rings is 2. The number of ether oxygens (including phenoxy) is 1. The molecule has 2 heterocycles. The number of aliphatic imine (C=N–C) groups is 1. The summed E-state index contributed by atoms with van der Waals surface area (Å²) in [5.41, 5.74) is 5.75. The maximum atomic E-state index is 9.55. The molecule has 0 unspecified atom stereocenters. The molecule has 0 atom stereocenters. The fraction of sp³-hybridized carbons (Fsp3) is 0.125. The van der Waals surface area contributed by atoms with Gasteiger partial charge in [-0.25, -0.2) is 15.0 Å². The van der Waals surface area contributed by atoms with Gasteiger partial charge in [0.1, 0.15) is 5.75 Å². The first-order valence-electron chi connectivity index (χ1n) is 9.94. The minimum Gasteiger partial charge on any atom is -0.439 e. The molecule has 2 aromatic heterocycles.